The van der Waals surface area contributed by atoms with Crippen LogP contribution in [0.5, 0.6) is 5.75 Å². The fourth-order valence-electron chi connectivity index (χ4n) is 2.33. The lowest BCUT2D eigenvalue weighted by molar-refractivity contribution is -0.115. The molecule has 1 heterocycles. The van der Waals surface area contributed by atoms with Crippen molar-refractivity contribution in [1.29, 1.82) is 0 Å². The summed E-state index contributed by atoms with van der Waals surface area (Å²) in [5.74, 6) is -1.86. The average molecular weight is 417 g/mol. The van der Waals surface area contributed by atoms with E-state index < -0.39 is 22.8 Å². The van der Waals surface area contributed by atoms with E-state index in [1.807, 2.05) is 18.2 Å². The number of aromatic amines is 1. The Bertz CT molecular complexity index is 1060. The maximum Gasteiger partial charge on any atom is 0.251 e. The highest BCUT2D eigenvalue weighted by Gasteiger charge is 2.17. The lowest BCUT2D eigenvalue weighted by atomic mass is 10.3. The van der Waals surface area contributed by atoms with Crippen LogP contribution in [0.2, 0.25) is 0 Å². The monoisotopic (exact) mass is 417 g/mol. The lowest BCUT2D eigenvalue weighted by Gasteiger charge is -2.12. The second-order valence-electron chi connectivity index (χ2n) is 6.02. The van der Waals surface area contributed by atoms with Crippen molar-refractivity contribution in [2.75, 3.05) is 5.32 Å². The van der Waals surface area contributed by atoms with Crippen LogP contribution in [-0.4, -0.2) is 21.1 Å². The highest BCUT2D eigenvalue weighted by molar-refractivity contribution is 8.00. The molecule has 0 saturated carbocycles. The van der Waals surface area contributed by atoms with Crippen molar-refractivity contribution in [2.24, 2.45) is 0 Å². The van der Waals surface area contributed by atoms with Crippen molar-refractivity contribution in [1.82, 2.24) is 9.97 Å². The van der Waals surface area contributed by atoms with E-state index in [9.17, 15) is 18.4 Å². The molecule has 29 heavy (non-hydrogen) atoms. The predicted octanol–water partition coefficient (Wildman–Crippen LogP) is 3.75. The lowest BCUT2D eigenvalue weighted by Crippen LogP contribution is -2.23. The number of carbonyl (C=O) groups excluding carboxylic acids is 1. The van der Waals surface area contributed by atoms with Gasteiger partial charge in [0.05, 0.1) is 10.9 Å². The van der Waals surface area contributed by atoms with Crippen LogP contribution in [0.3, 0.4) is 0 Å². The molecule has 3 rings (SSSR count). The van der Waals surface area contributed by atoms with E-state index in [-0.39, 0.29) is 23.0 Å². The first-order valence-corrected chi connectivity index (χ1v) is 9.49. The molecular weight excluding hydrogens is 400 g/mol. The Morgan fingerprint density at radius 2 is 1.93 bits per heavy atom. The molecule has 0 aliphatic carbocycles. The number of benzene rings is 2. The van der Waals surface area contributed by atoms with Gasteiger partial charge in [0.2, 0.25) is 5.91 Å². The van der Waals surface area contributed by atoms with Gasteiger partial charge in [-0.05, 0) is 31.2 Å². The van der Waals surface area contributed by atoms with E-state index in [0.29, 0.717) is 11.4 Å². The number of amides is 1. The fourth-order valence-corrected chi connectivity index (χ4v) is 3.16. The standard InChI is InChI=1S/C20H17F2N3O3S/c1-12(19(27)23-13-7-8-16(21)17(22)9-13)29-20-24-14(10-18(26)25-20)11-28-15-5-3-2-4-6-15/h2-10,12H,11H2,1H3,(H,23,27)(H,24,25,26). The molecule has 6 nitrogen and oxygen atoms in total. The van der Waals surface area contributed by atoms with Crippen LogP contribution in [-0.2, 0) is 11.4 Å². The summed E-state index contributed by atoms with van der Waals surface area (Å²) in [6, 6.07) is 13.5. The Hall–Kier alpha value is -3.20. The topological polar surface area (TPSA) is 84.1 Å². The number of hydrogen-bond donors (Lipinski definition) is 2. The molecule has 9 heteroatoms. The first-order chi connectivity index (χ1) is 13.9. The van der Waals surface area contributed by atoms with Gasteiger partial charge in [0.1, 0.15) is 12.4 Å². The number of H-pyrrole nitrogens is 1. The number of carbonyl (C=O) groups is 1. The zero-order valence-corrected chi connectivity index (χ0v) is 16.1. The zero-order valence-electron chi connectivity index (χ0n) is 15.3. The minimum absolute atomic E-state index is 0.0942. The number of aromatic nitrogens is 2. The SMILES string of the molecule is CC(Sc1nc(COc2ccccc2)cc(=O)[nH]1)C(=O)Nc1ccc(F)c(F)c1. The average Bonchev–Trinajstić information content (AvgIpc) is 2.69. The third-order valence-corrected chi connectivity index (χ3v) is 4.73. The Labute approximate surface area is 169 Å². The summed E-state index contributed by atoms with van der Waals surface area (Å²) in [5.41, 5.74) is 0.170. The number of hydrogen-bond acceptors (Lipinski definition) is 5. The van der Waals surface area contributed by atoms with Crippen LogP contribution < -0.4 is 15.6 Å². The van der Waals surface area contributed by atoms with Crippen molar-refractivity contribution in [3.05, 3.63) is 82.3 Å². The largest absolute Gasteiger partial charge is 0.487 e. The van der Waals surface area contributed by atoms with Crippen LogP contribution in [0.25, 0.3) is 0 Å². The molecule has 2 N–H and O–H groups in total. The van der Waals surface area contributed by atoms with Gasteiger partial charge in [0, 0.05) is 17.8 Å². The second-order valence-corrected chi connectivity index (χ2v) is 7.35. The van der Waals surface area contributed by atoms with Gasteiger partial charge < -0.3 is 15.0 Å². The molecule has 0 aliphatic rings. The number of rotatable bonds is 7. The predicted molar refractivity (Wildman–Crippen MR) is 106 cm³/mol. The highest BCUT2D eigenvalue weighted by atomic mass is 32.2. The molecule has 3 aromatic rings. The van der Waals surface area contributed by atoms with Crippen molar-refractivity contribution in [2.45, 2.75) is 23.9 Å². The van der Waals surface area contributed by atoms with E-state index in [4.69, 9.17) is 4.74 Å². The number of thioether (sulfide) groups is 1. The summed E-state index contributed by atoms with van der Waals surface area (Å²) in [5, 5.41) is 2.09. The molecule has 150 valence electrons. The summed E-state index contributed by atoms with van der Waals surface area (Å²) < 4.78 is 31.8. The molecule has 0 radical (unpaired) electrons. The van der Waals surface area contributed by atoms with Crippen molar-refractivity contribution in [3.63, 3.8) is 0 Å². The van der Waals surface area contributed by atoms with Gasteiger partial charge in [-0.2, -0.15) is 0 Å². The number of anilines is 1. The molecule has 1 atom stereocenters. The highest BCUT2D eigenvalue weighted by Crippen LogP contribution is 2.21. The zero-order chi connectivity index (χ0) is 20.8. The van der Waals surface area contributed by atoms with E-state index in [2.05, 4.69) is 15.3 Å². The molecule has 0 saturated heterocycles. The van der Waals surface area contributed by atoms with Crippen molar-refractivity contribution < 1.29 is 18.3 Å². The Morgan fingerprint density at radius 3 is 2.66 bits per heavy atom. The second kappa shape index (κ2) is 9.33. The summed E-state index contributed by atoms with van der Waals surface area (Å²) in [7, 11) is 0. The van der Waals surface area contributed by atoms with Gasteiger partial charge in [-0.3, -0.25) is 9.59 Å². The molecule has 1 aromatic heterocycles. The molecule has 0 bridgehead atoms. The number of ether oxygens (including phenoxy) is 1. The summed E-state index contributed by atoms with van der Waals surface area (Å²) in [4.78, 5) is 31.1. The number of nitrogens with zero attached hydrogens (tertiary/aromatic N) is 1. The van der Waals surface area contributed by atoms with Crippen LogP contribution in [0.15, 0.2) is 64.5 Å². The molecule has 0 fully saturated rings. The van der Waals surface area contributed by atoms with E-state index >= 15 is 0 Å². The van der Waals surface area contributed by atoms with E-state index in [1.165, 1.54) is 12.1 Å². The summed E-state index contributed by atoms with van der Waals surface area (Å²) in [6.07, 6.45) is 0. The number of para-hydroxylation sites is 1. The maximum absolute atomic E-state index is 13.3. The normalized spacial score (nSPS) is 11.7. The Balaban J connectivity index is 1.63. The summed E-state index contributed by atoms with van der Waals surface area (Å²) >= 11 is 1.03. The fraction of sp³-hybridized carbons (Fsp3) is 0.150. The van der Waals surface area contributed by atoms with Gasteiger partial charge in [0.15, 0.2) is 16.8 Å². The van der Waals surface area contributed by atoms with Gasteiger partial charge >= 0.3 is 0 Å². The molecule has 2 aromatic carbocycles. The minimum Gasteiger partial charge on any atom is -0.487 e. The molecule has 0 aliphatic heterocycles. The smallest absolute Gasteiger partial charge is 0.251 e. The van der Waals surface area contributed by atoms with Crippen molar-refractivity contribution >= 4 is 23.4 Å². The van der Waals surface area contributed by atoms with Gasteiger partial charge in [0.25, 0.3) is 5.56 Å². The van der Waals surface area contributed by atoms with Crippen LogP contribution in [0, 0.1) is 11.6 Å². The number of nitrogens with one attached hydrogen (secondary N) is 2. The Kier molecular flexibility index (Phi) is 6.61. The van der Waals surface area contributed by atoms with Crippen LogP contribution in [0.4, 0.5) is 14.5 Å². The van der Waals surface area contributed by atoms with E-state index in [0.717, 1.165) is 23.9 Å². The minimum atomic E-state index is -1.06. The summed E-state index contributed by atoms with van der Waals surface area (Å²) in [6.45, 7) is 1.70. The first-order valence-electron chi connectivity index (χ1n) is 8.61. The van der Waals surface area contributed by atoms with Crippen molar-refractivity contribution in [3.8, 4) is 5.75 Å². The quantitative estimate of drug-likeness (QED) is 0.452. The third-order valence-electron chi connectivity index (χ3n) is 3.75. The van der Waals surface area contributed by atoms with Crippen LogP contribution >= 0.6 is 11.8 Å². The molecule has 1 unspecified atom stereocenters. The van der Waals surface area contributed by atoms with Crippen LogP contribution in [0.1, 0.15) is 12.6 Å². The molecular formula is C20H17F2N3O3S. The Morgan fingerprint density at radius 1 is 1.17 bits per heavy atom. The maximum atomic E-state index is 13.3. The van der Waals surface area contributed by atoms with Gasteiger partial charge in [-0.1, -0.05) is 30.0 Å². The first kappa shape index (κ1) is 20.5. The number of halogens is 2. The molecule has 0 spiro atoms. The van der Waals surface area contributed by atoms with E-state index in [1.54, 1.807) is 19.1 Å². The van der Waals surface area contributed by atoms with Gasteiger partial charge in [-0.15, -0.1) is 0 Å². The molecule has 1 amide bonds. The third kappa shape index (κ3) is 5.89. The van der Waals surface area contributed by atoms with Gasteiger partial charge in [-0.25, -0.2) is 13.8 Å².